The third-order valence-corrected chi connectivity index (χ3v) is 2.72. The Morgan fingerprint density at radius 2 is 1.40 bits per heavy atom. The first-order valence-corrected chi connectivity index (χ1v) is 5.05. The monoisotopic (exact) mass is 219 g/mol. The molecule has 1 aliphatic heterocycles. The van der Waals surface area contributed by atoms with Gasteiger partial charge in [0, 0.05) is 6.54 Å². The van der Waals surface area contributed by atoms with Crippen molar-refractivity contribution in [2.45, 2.75) is 69.2 Å². The topological polar surface area (TPSA) is 3.24 Å². The van der Waals surface area contributed by atoms with E-state index >= 15 is 0 Å². The van der Waals surface area contributed by atoms with Crippen LogP contribution < -0.4 is 0 Å². The van der Waals surface area contributed by atoms with Gasteiger partial charge in [0.2, 0.25) is 0 Å². The van der Waals surface area contributed by atoms with Crippen LogP contribution in [0.5, 0.6) is 0 Å². The van der Waals surface area contributed by atoms with Crippen molar-refractivity contribution in [1.29, 1.82) is 0 Å². The fourth-order valence-electron chi connectivity index (χ4n) is 1.71. The average Bonchev–Trinajstić information content (AvgIpc) is 2.06. The number of hydrogen-bond donors (Lipinski definition) is 0. The van der Waals surface area contributed by atoms with Crippen LogP contribution in [0.3, 0.4) is 0 Å². The zero-order valence-corrected chi connectivity index (χ0v) is 7.97. The van der Waals surface area contributed by atoms with Crippen LogP contribution in [0.15, 0.2) is 0 Å². The van der Waals surface area contributed by atoms with E-state index in [4.69, 9.17) is 0 Å². The highest BCUT2D eigenvalue weighted by Gasteiger charge is 2.11. The smallest absolute Gasteiger partial charge is 0.000692 e. The zero-order valence-electron chi connectivity index (χ0n) is 7.97. The molecule has 0 radical (unpaired) electrons. The minimum Gasteiger partial charge on any atom is -0.303 e. The van der Waals surface area contributed by atoms with Crippen LogP contribution >= 0.6 is 0 Å². The van der Waals surface area contributed by atoms with Gasteiger partial charge in [0.25, 0.3) is 0 Å². The maximum Gasteiger partial charge on any atom is 0.000692 e. The Balaban J connectivity index is -0.000000151. The Hall–Kier alpha value is -0.0400. The predicted molar refractivity (Wildman–Crippen MR) is 76.7 cm³/mol. The molecule has 0 aliphatic carbocycles. The highest BCUT2D eigenvalue weighted by Crippen LogP contribution is 2.11. The lowest BCUT2D eigenvalue weighted by Gasteiger charge is -2.28. The van der Waals surface area contributed by atoms with Gasteiger partial charge in [0.1, 0.15) is 0 Å². The number of nitrogens with zero attached hydrogens (tertiary/aromatic N) is 1. The van der Waals surface area contributed by atoms with Crippen LogP contribution in [0, 0.1) is 5.92 Å². The number of piperidine rings is 1. The molecule has 1 heterocycles. The zero-order chi connectivity index (χ0) is 8.10. The van der Waals surface area contributed by atoms with Gasteiger partial charge in [0.05, 0.1) is 0 Å². The van der Waals surface area contributed by atoms with Crippen molar-refractivity contribution >= 4 is 0 Å². The summed E-state index contributed by atoms with van der Waals surface area (Å²) in [4.78, 5) is 2.62. The Morgan fingerprint density at radius 1 is 0.933 bits per heavy atom. The summed E-state index contributed by atoms with van der Waals surface area (Å²) in [7, 11) is 0. The summed E-state index contributed by atoms with van der Waals surface area (Å²) < 4.78 is 0. The second kappa shape index (κ2) is 14.0. The van der Waals surface area contributed by atoms with Gasteiger partial charge in [-0.2, -0.15) is 0 Å². The largest absolute Gasteiger partial charge is 0.303 e. The average molecular weight is 219 g/mol. The number of rotatable bonds is 3. The normalized spacial score (nSPS) is 17.2. The third kappa shape index (κ3) is 10.2. The molecule has 1 heteroatoms. The molecule has 0 saturated carbocycles. The van der Waals surface area contributed by atoms with Gasteiger partial charge in [-0.25, -0.2) is 0 Å². The summed E-state index contributed by atoms with van der Waals surface area (Å²) in [5.74, 6) is 0.896. The van der Waals surface area contributed by atoms with Gasteiger partial charge in [-0.3, -0.25) is 0 Å². The molecule has 0 amide bonds. The molecule has 15 heavy (non-hydrogen) atoms. The number of likely N-dealkylation sites (tertiary alicyclic amines) is 1. The molecule has 0 aromatic rings. The van der Waals surface area contributed by atoms with Crippen LogP contribution in [-0.4, -0.2) is 24.5 Å². The molecule has 1 aliphatic rings. The van der Waals surface area contributed by atoms with Crippen molar-refractivity contribution in [3.8, 4) is 0 Å². The second-order valence-electron chi connectivity index (χ2n) is 3.87. The van der Waals surface area contributed by atoms with Crippen molar-refractivity contribution in [2.75, 3.05) is 19.6 Å². The lowest BCUT2D eigenvalue weighted by atomic mass is 10.1. The van der Waals surface area contributed by atoms with Crippen molar-refractivity contribution < 1.29 is 0 Å². The Bertz CT molecular complexity index is 95.5. The minimum absolute atomic E-state index is 0. The first-order chi connectivity index (χ1) is 5.33. The van der Waals surface area contributed by atoms with Gasteiger partial charge >= 0.3 is 0 Å². The maximum atomic E-state index is 2.62. The minimum atomic E-state index is 0. The van der Waals surface area contributed by atoms with Gasteiger partial charge in [-0.15, -0.1) is 0 Å². The quantitative estimate of drug-likeness (QED) is 0.641. The van der Waals surface area contributed by atoms with E-state index in [9.17, 15) is 0 Å². The van der Waals surface area contributed by atoms with Crippen LogP contribution in [0.2, 0.25) is 0 Å². The molecule has 1 nitrogen and oxygen atoms in total. The summed E-state index contributed by atoms with van der Waals surface area (Å²) in [6.45, 7) is 8.67. The van der Waals surface area contributed by atoms with Crippen LogP contribution in [0.25, 0.3) is 0 Å². The van der Waals surface area contributed by atoms with E-state index < -0.39 is 0 Å². The molecule has 1 saturated heterocycles. The van der Waals surface area contributed by atoms with Gasteiger partial charge < -0.3 is 4.90 Å². The summed E-state index contributed by atoms with van der Waals surface area (Å²) in [5, 5.41) is 0. The molecular weight excluding hydrogens is 182 g/mol. The molecule has 0 aromatic carbocycles. The molecule has 0 N–H and O–H groups in total. The predicted octanol–water partition coefficient (Wildman–Crippen LogP) is 5.06. The molecule has 1 fully saturated rings. The standard InChI is InChI=1S/C10H21N.4CH4/c1-3-10(2)9-11-7-5-4-6-8-11;;;;/h10H,3-9H2,1-2H3;4*1H4. The molecule has 1 atom stereocenters. The van der Waals surface area contributed by atoms with E-state index in [1.807, 2.05) is 0 Å². The van der Waals surface area contributed by atoms with E-state index in [1.165, 1.54) is 45.3 Å². The van der Waals surface area contributed by atoms with Crippen LogP contribution in [0.4, 0.5) is 0 Å². The van der Waals surface area contributed by atoms with Crippen molar-refractivity contribution in [3.63, 3.8) is 0 Å². The maximum absolute atomic E-state index is 2.62. The lowest BCUT2D eigenvalue weighted by molar-refractivity contribution is 0.199. The van der Waals surface area contributed by atoms with Crippen molar-refractivity contribution in [3.05, 3.63) is 0 Å². The van der Waals surface area contributed by atoms with Crippen LogP contribution in [-0.2, 0) is 0 Å². The van der Waals surface area contributed by atoms with Crippen molar-refractivity contribution in [2.24, 2.45) is 5.92 Å². The summed E-state index contributed by atoms with van der Waals surface area (Å²) in [6, 6.07) is 0. The van der Waals surface area contributed by atoms with E-state index in [0.717, 1.165) is 5.92 Å². The van der Waals surface area contributed by atoms with E-state index in [2.05, 4.69) is 18.7 Å². The van der Waals surface area contributed by atoms with Crippen molar-refractivity contribution in [1.82, 2.24) is 4.90 Å². The lowest BCUT2D eigenvalue weighted by Crippen LogP contribution is -2.33. The Labute approximate surface area is 100 Å². The fraction of sp³-hybridized carbons (Fsp3) is 1.00. The summed E-state index contributed by atoms with van der Waals surface area (Å²) >= 11 is 0. The molecular formula is C14H37N. The SMILES string of the molecule is C.C.C.C.CCC(C)CN1CCCCC1. The second-order valence-corrected chi connectivity index (χ2v) is 3.87. The summed E-state index contributed by atoms with van der Waals surface area (Å²) in [5.41, 5.74) is 0. The molecule has 98 valence electrons. The van der Waals surface area contributed by atoms with Gasteiger partial charge in [-0.05, 0) is 31.8 Å². The first-order valence-electron chi connectivity index (χ1n) is 5.05. The van der Waals surface area contributed by atoms with E-state index in [-0.39, 0.29) is 29.7 Å². The number of hydrogen-bond acceptors (Lipinski definition) is 1. The Kier molecular flexibility index (Phi) is 22.6. The fourth-order valence-corrected chi connectivity index (χ4v) is 1.71. The highest BCUT2D eigenvalue weighted by atomic mass is 15.1. The first kappa shape index (κ1) is 24.3. The third-order valence-electron chi connectivity index (χ3n) is 2.72. The van der Waals surface area contributed by atoms with Gasteiger partial charge in [0.15, 0.2) is 0 Å². The van der Waals surface area contributed by atoms with Gasteiger partial charge in [-0.1, -0.05) is 56.4 Å². The summed E-state index contributed by atoms with van der Waals surface area (Å²) in [6.07, 6.45) is 5.64. The van der Waals surface area contributed by atoms with E-state index in [1.54, 1.807) is 0 Å². The van der Waals surface area contributed by atoms with E-state index in [0.29, 0.717) is 0 Å². The molecule has 1 unspecified atom stereocenters. The molecule has 0 spiro atoms. The highest BCUT2D eigenvalue weighted by molar-refractivity contribution is 4.66. The van der Waals surface area contributed by atoms with Crippen LogP contribution in [0.1, 0.15) is 69.2 Å². The molecule has 0 bridgehead atoms. The molecule has 1 rings (SSSR count). The Morgan fingerprint density at radius 3 is 1.80 bits per heavy atom. The molecule has 0 aromatic heterocycles.